The summed E-state index contributed by atoms with van der Waals surface area (Å²) in [6.07, 6.45) is 0. The molecule has 25 heavy (non-hydrogen) atoms. The summed E-state index contributed by atoms with van der Waals surface area (Å²) >= 11 is 2.31. The number of amides is 1. The molecule has 0 spiro atoms. The van der Waals surface area contributed by atoms with Crippen LogP contribution in [0.1, 0.15) is 21.5 Å². The fourth-order valence-corrected chi connectivity index (χ4v) is 3.67. The minimum atomic E-state index is -0.409. The number of rotatable bonds is 3. The molecule has 4 heteroatoms. The van der Waals surface area contributed by atoms with E-state index >= 15 is 0 Å². The van der Waals surface area contributed by atoms with Gasteiger partial charge in [-0.25, -0.2) is 0 Å². The average Bonchev–Trinajstić information content (AvgIpc) is 2.90. The average molecular weight is 439 g/mol. The first-order valence-corrected chi connectivity index (χ1v) is 9.10. The van der Waals surface area contributed by atoms with Gasteiger partial charge < -0.3 is 10.3 Å². The molecule has 4 aromatic rings. The molecule has 1 amide bonds. The van der Waals surface area contributed by atoms with Crippen molar-refractivity contribution < 1.29 is 4.79 Å². The van der Waals surface area contributed by atoms with Crippen LogP contribution in [-0.4, -0.2) is 10.5 Å². The number of carbonyl (C=O) groups excluding carboxylic acids is 1. The molecule has 0 fully saturated rings. The van der Waals surface area contributed by atoms with Crippen LogP contribution < -0.4 is 5.73 Å². The normalized spacial score (nSPS) is 11.3. The van der Waals surface area contributed by atoms with Gasteiger partial charge >= 0.3 is 0 Å². The minimum absolute atomic E-state index is 0.409. The Morgan fingerprint density at radius 2 is 1.92 bits per heavy atom. The highest BCUT2D eigenvalue weighted by Crippen LogP contribution is 2.32. The highest BCUT2D eigenvalue weighted by molar-refractivity contribution is 14.1. The van der Waals surface area contributed by atoms with Gasteiger partial charge in [-0.3, -0.25) is 4.79 Å². The quantitative estimate of drug-likeness (QED) is 0.464. The SMILES string of the molecule is Cc1c[c]c2c3c(C(N)=O)cccc3n(Cc3ccc(I)cc3)c2c1. The van der Waals surface area contributed by atoms with Gasteiger partial charge in [0.15, 0.2) is 0 Å². The van der Waals surface area contributed by atoms with Crippen LogP contribution in [0.2, 0.25) is 0 Å². The Morgan fingerprint density at radius 1 is 1.16 bits per heavy atom. The first-order chi connectivity index (χ1) is 12.0. The van der Waals surface area contributed by atoms with Crippen LogP contribution in [-0.2, 0) is 6.54 Å². The Kier molecular flexibility index (Phi) is 4.00. The Bertz CT molecular complexity index is 1110. The van der Waals surface area contributed by atoms with E-state index in [1.807, 2.05) is 18.2 Å². The maximum atomic E-state index is 11.9. The van der Waals surface area contributed by atoms with E-state index in [0.717, 1.165) is 33.9 Å². The Morgan fingerprint density at radius 3 is 2.64 bits per heavy atom. The van der Waals surface area contributed by atoms with Gasteiger partial charge in [-0.2, -0.15) is 0 Å². The summed E-state index contributed by atoms with van der Waals surface area (Å²) in [5.74, 6) is -0.409. The van der Waals surface area contributed by atoms with Crippen LogP contribution >= 0.6 is 22.6 Å². The fourth-order valence-electron chi connectivity index (χ4n) is 3.31. The molecule has 3 aromatic carbocycles. The van der Waals surface area contributed by atoms with Crippen molar-refractivity contribution in [1.82, 2.24) is 4.57 Å². The smallest absolute Gasteiger partial charge is 0.249 e. The van der Waals surface area contributed by atoms with Gasteiger partial charge in [-0.15, -0.1) is 0 Å². The first-order valence-electron chi connectivity index (χ1n) is 8.02. The number of fused-ring (bicyclic) bond motifs is 3. The lowest BCUT2D eigenvalue weighted by Crippen LogP contribution is -2.11. The van der Waals surface area contributed by atoms with E-state index < -0.39 is 5.91 Å². The highest BCUT2D eigenvalue weighted by atomic mass is 127. The van der Waals surface area contributed by atoms with E-state index in [1.54, 1.807) is 6.07 Å². The second kappa shape index (κ2) is 6.19. The molecule has 1 radical (unpaired) electrons. The van der Waals surface area contributed by atoms with Crippen LogP contribution in [0.25, 0.3) is 21.8 Å². The predicted octanol–water partition coefficient (Wildman–Crippen LogP) is 4.65. The summed E-state index contributed by atoms with van der Waals surface area (Å²) in [5, 5.41) is 1.83. The molecule has 0 aliphatic rings. The maximum Gasteiger partial charge on any atom is 0.249 e. The summed E-state index contributed by atoms with van der Waals surface area (Å²) in [6, 6.07) is 21.6. The number of aromatic nitrogens is 1. The van der Waals surface area contributed by atoms with Crippen LogP contribution in [0.5, 0.6) is 0 Å². The molecule has 1 heterocycles. The van der Waals surface area contributed by atoms with Crippen molar-refractivity contribution in [1.29, 1.82) is 0 Å². The number of hydrogen-bond acceptors (Lipinski definition) is 1. The molecule has 0 bridgehead atoms. The molecule has 0 saturated carbocycles. The third kappa shape index (κ3) is 2.80. The summed E-state index contributed by atoms with van der Waals surface area (Å²) in [6.45, 7) is 2.79. The third-order valence-electron chi connectivity index (χ3n) is 4.46. The maximum absolute atomic E-state index is 11.9. The monoisotopic (exact) mass is 439 g/mol. The molecule has 0 unspecified atom stereocenters. The molecular weight excluding hydrogens is 423 g/mol. The molecule has 2 N–H and O–H groups in total. The third-order valence-corrected chi connectivity index (χ3v) is 5.18. The van der Waals surface area contributed by atoms with Crippen LogP contribution in [0.4, 0.5) is 0 Å². The number of primary amides is 1. The van der Waals surface area contributed by atoms with Crippen LogP contribution in [0.15, 0.2) is 54.6 Å². The van der Waals surface area contributed by atoms with Crippen molar-refractivity contribution in [2.24, 2.45) is 5.73 Å². The van der Waals surface area contributed by atoms with Gasteiger partial charge in [0.1, 0.15) is 0 Å². The molecule has 1 aromatic heterocycles. The topological polar surface area (TPSA) is 48.0 Å². The van der Waals surface area contributed by atoms with Crippen molar-refractivity contribution in [3.05, 3.63) is 80.9 Å². The zero-order valence-corrected chi connectivity index (χ0v) is 15.9. The summed E-state index contributed by atoms with van der Waals surface area (Å²) in [5.41, 5.74) is 10.6. The lowest BCUT2D eigenvalue weighted by molar-refractivity contribution is 0.100. The fraction of sp³-hybridized carbons (Fsp3) is 0.0952. The number of halogens is 1. The largest absolute Gasteiger partial charge is 0.366 e. The lowest BCUT2D eigenvalue weighted by atomic mass is 10.1. The number of nitrogens with zero attached hydrogens (tertiary/aromatic N) is 1. The van der Waals surface area contributed by atoms with Gasteiger partial charge in [-0.05, 0) is 77.0 Å². The molecule has 0 aliphatic heterocycles. The molecular formula is C21H16IN2O. The van der Waals surface area contributed by atoms with Crippen molar-refractivity contribution in [2.45, 2.75) is 13.5 Å². The van der Waals surface area contributed by atoms with Crippen molar-refractivity contribution >= 4 is 50.3 Å². The summed E-state index contributed by atoms with van der Waals surface area (Å²) in [7, 11) is 0. The van der Waals surface area contributed by atoms with Crippen molar-refractivity contribution in [3.63, 3.8) is 0 Å². The Labute approximate surface area is 159 Å². The first kappa shape index (κ1) is 16.1. The summed E-state index contributed by atoms with van der Waals surface area (Å²) in [4.78, 5) is 11.9. The number of nitrogens with two attached hydrogens (primary N) is 1. The second-order valence-corrected chi connectivity index (χ2v) is 7.46. The number of benzene rings is 3. The van der Waals surface area contributed by atoms with E-state index in [4.69, 9.17) is 5.73 Å². The molecule has 0 aliphatic carbocycles. The minimum Gasteiger partial charge on any atom is -0.366 e. The molecule has 3 nitrogen and oxygen atoms in total. The van der Waals surface area contributed by atoms with Gasteiger partial charge in [0, 0.05) is 26.5 Å². The second-order valence-electron chi connectivity index (χ2n) is 6.21. The Balaban J connectivity index is 2.03. The Hall–Kier alpha value is -2.34. The van der Waals surface area contributed by atoms with E-state index in [-0.39, 0.29) is 0 Å². The van der Waals surface area contributed by atoms with Crippen molar-refractivity contribution in [2.75, 3.05) is 0 Å². The highest BCUT2D eigenvalue weighted by Gasteiger charge is 2.16. The number of aryl methyl sites for hydroxylation is 1. The van der Waals surface area contributed by atoms with Gasteiger partial charge in [0.05, 0.1) is 11.0 Å². The van der Waals surface area contributed by atoms with E-state index in [2.05, 4.69) is 70.5 Å². The molecule has 0 saturated heterocycles. The number of carbonyl (C=O) groups is 1. The van der Waals surface area contributed by atoms with Crippen LogP contribution in [0, 0.1) is 16.6 Å². The number of hydrogen-bond donors (Lipinski definition) is 1. The van der Waals surface area contributed by atoms with E-state index in [0.29, 0.717) is 5.56 Å². The summed E-state index contributed by atoms with van der Waals surface area (Å²) < 4.78 is 3.45. The standard InChI is InChI=1S/C21H16IN2O/c1-13-5-10-16-19(11-13)24(12-14-6-8-15(22)9-7-14)18-4-2-3-17(20(16)18)21(23)25/h2-9,11H,12H2,1H3,(H2,23,25). The van der Waals surface area contributed by atoms with Gasteiger partial charge in [-0.1, -0.05) is 24.3 Å². The van der Waals surface area contributed by atoms with Crippen LogP contribution in [0.3, 0.4) is 0 Å². The predicted molar refractivity (Wildman–Crippen MR) is 110 cm³/mol. The van der Waals surface area contributed by atoms with Gasteiger partial charge in [0.2, 0.25) is 5.91 Å². The zero-order valence-electron chi connectivity index (χ0n) is 13.7. The molecule has 0 atom stereocenters. The van der Waals surface area contributed by atoms with Crippen molar-refractivity contribution in [3.8, 4) is 0 Å². The molecule has 123 valence electrons. The zero-order chi connectivity index (χ0) is 17.6. The van der Waals surface area contributed by atoms with E-state index in [9.17, 15) is 4.79 Å². The molecule has 4 rings (SSSR count). The van der Waals surface area contributed by atoms with E-state index in [1.165, 1.54) is 9.13 Å². The van der Waals surface area contributed by atoms with Gasteiger partial charge in [0.25, 0.3) is 0 Å². The lowest BCUT2D eigenvalue weighted by Gasteiger charge is -2.09.